The molecule has 0 bridgehead atoms. The van der Waals surface area contributed by atoms with Crippen LogP contribution in [0.3, 0.4) is 0 Å². The van der Waals surface area contributed by atoms with Crippen LogP contribution in [0.1, 0.15) is 27.2 Å². The van der Waals surface area contributed by atoms with Gasteiger partial charge in [0, 0.05) is 13.1 Å². The SMILES string of the molecule is Cc1[nH]ncc1S(=O)(=O)N1CCc2ccc(C(=O)O)cc2CC1. The smallest absolute Gasteiger partial charge is 0.335 e. The van der Waals surface area contributed by atoms with E-state index in [1.807, 2.05) is 0 Å². The number of nitrogens with one attached hydrogen (secondary N) is 1. The summed E-state index contributed by atoms with van der Waals surface area (Å²) in [6.45, 7) is 2.36. The van der Waals surface area contributed by atoms with Gasteiger partial charge in [0.15, 0.2) is 0 Å². The molecule has 2 heterocycles. The van der Waals surface area contributed by atoms with Gasteiger partial charge < -0.3 is 5.11 Å². The Balaban J connectivity index is 1.88. The van der Waals surface area contributed by atoms with Gasteiger partial charge in [-0.05, 0) is 43.0 Å². The van der Waals surface area contributed by atoms with Gasteiger partial charge in [-0.1, -0.05) is 6.07 Å². The summed E-state index contributed by atoms with van der Waals surface area (Å²) in [5, 5.41) is 15.5. The number of hydrogen-bond donors (Lipinski definition) is 2. The number of aromatic carboxylic acids is 1. The van der Waals surface area contributed by atoms with Gasteiger partial charge in [-0.3, -0.25) is 5.10 Å². The van der Waals surface area contributed by atoms with Crippen molar-refractivity contribution in [3.63, 3.8) is 0 Å². The predicted octanol–water partition coefficient (Wildman–Crippen LogP) is 1.21. The third kappa shape index (κ3) is 2.87. The molecule has 0 amide bonds. The third-order valence-corrected chi connectivity index (χ3v) is 6.13. The molecule has 1 aromatic heterocycles. The number of sulfonamides is 1. The van der Waals surface area contributed by atoms with Gasteiger partial charge in [0.25, 0.3) is 0 Å². The average molecular weight is 335 g/mol. The molecule has 3 rings (SSSR count). The number of rotatable bonds is 3. The lowest BCUT2D eigenvalue weighted by atomic mass is 10.0. The number of carbonyl (C=O) groups is 1. The van der Waals surface area contributed by atoms with Crippen LogP contribution in [0.25, 0.3) is 0 Å². The molecule has 8 heteroatoms. The van der Waals surface area contributed by atoms with E-state index >= 15 is 0 Å². The van der Waals surface area contributed by atoms with Crippen LogP contribution in [-0.4, -0.2) is 47.1 Å². The molecule has 1 aliphatic rings. The molecule has 0 saturated carbocycles. The van der Waals surface area contributed by atoms with Crippen molar-refractivity contribution in [3.8, 4) is 0 Å². The number of fused-ring (bicyclic) bond motifs is 1. The van der Waals surface area contributed by atoms with Crippen LogP contribution < -0.4 is 0 Å². The molecule has 0 radical (unpaired) electrons. The first-order valence-corrected chi connectivity index (χ1v) is 8.69. The number of aromatic amines is 1. The third-order valence-electron chi connectivity index (χ3n) is 4.12. The zero-order valence-electron chi connectivity index (χ0n) is 12.6. The normalized spacial score (nSPS) is 15.9. The first-order chi connectivity index (χ1) is 10.9. The monoisotopic (exact) mass is 335 g/mol. The molecule has 2 N–H and O–H groups in total. The average Bonchev–Trinajstić information content (AvgIpc) is 2.82. The van der Waals surface area contributed by atoms with Gasteiger partial charge >= 0.3 is 5.97 Å². The Bertz CT molecular complexity index is 857. The van der Waals surface area contributed by atoms with Crippen LogP contribution in [0.2, 0.25) is 0 Å². The lowest BCUT2D eigenvalue weighted by molar-refractivity contribution is 0.0696. The molecule has 1 aliphatic heterocycles. The molecule has 0 aliphatic carbocycles. The van der Waals surface area contributed by atoms with E-state index in [1.165, 1.54) is 10.5 Å². The minimum absolute atomic E-state index is 0.190. The Morgan fingerprint density at radius 2 is 1.96 bits per heavy atom. The summed E-state index contributed by atoms with van der Waals surface area (Å²) in [4.78, 5) is 11.3. The predicted molar refractivity (Wildman–Crippen MR) is 82.9 cm³/mol. The Hall–Kier alpha value is -2.19. The van der Waals surface area contributed by atoms with Crippen molar-refractivity contribution < 1.29 is 18.3 Å². The summed E-state index contributed by atoms with van der Waals surface area (Å²) in [6.07, 6.45) is 2.38. The number of H-pyrrole nitrogens is 1. The van der Waals surface area contributed by atoms with Crippen LogP contribution in [-0.2, 0) is 22.9 Å². The summed E-state index contributed by atoms with van der Waals surface area (Å²) in [6, 6.07) is 4.97. The standard InChI is InChI=1S/C15H17N3O4S/c1-10-14(9-16-17-10)23(21,22)18-6-4-11-2-3-13(15(19)20)8-12(11)5-7-18/h2-3,8-9H,4-7H2,1H3,(H,16,17)(H,19,20). The van der Waals surface area contributed by atoms with Crippen LogP contribution in [0.5, 0.6) is 0 Å². The summed E-state index contributed by atoms with van der Waals surface area (Å²) in [5.41, 5.74) is 2.63. The first kappa shape index (κ1) is 15.7. The highest BCUT2D eigenvalue weighted by molar-refractivity contribution is 7.89. The minimum atomic E-state index is -3.59. The van der Waals surface area contributed by atoms with Crippen molar-refractivity contribution in [2.24, 2.45) is 0 Å². The molecule has 2 aromatic rings. The first-order valence-electron chi connectivity index (χ1n) is 7.25. The number of aryl methyl sites for hydroxylation is 1. The minimum Gasteiger partial charge on any atom is -0.478 e. The second-order valence-electron chi connectivity index (χ2n) is 5.55. The van der Waals surface area contributed by atoms with E-state index in [0.717, 1.165) is 11.1 Å². The van der Waals surface area contributed by atoms with E-state index in [-0.39, 0.29) is 10.5 Å². The van der Waals surface area contributed by atoms with Gasteiger partial charge in [-0.15, -0.1) is 0 Å². The van der Waals surface area contributed by atoms with Crippen molar-refractivity contribution >= 4 is 16.0 Å². The van der Waals surface area contributed by atoms with E-state index in [0.29, 0.717) is 31.6 Å². The summed E-state index contributed by atoms with van der Waals surface area (Å²) in [7, 11) is -3.59. The number of hydrogen-bond acceptors (Lipinski definition) is 4. The van der Waals surface area contributed by atoms with E-state index < -0.39 is 16.0 Å². The molecule has 0 fully saturated rings. The number of nitrogens with zero attached hydrogens (tertiary/aromatic N) is 2. The highest BCUT2D eigenvalue weighted by atomic mass is 32.2. The molecule has 23 heavy (non-hydrogen) atoms. The molecule has 0 atom stereocenters. The maximum absolute atomic E-state index is 12.7. The van der Waals surface area contributed by atoms with E-state index in [4.69, 9.17) is 5.11 Å². The Morgan fingerprint density at radius 3 is 2.57 bits per heavy atom. The fourth-order valence-electron chi connectivity index (χ4n) is 2.82. The fraction of sp³-hybridized carbons (Fsp3) is 0.333. The van der Waals surface area contributed by atoms with Gasteiger partial charge in [0.2, 0.25) is 10.0 Å². The second-order valence-corrected chi connectivity index (χ2v) is 7.46. The maximum atomic E-state index is 12.7. The molecule has 0 spiro atoms. The quantitative estimate of drug-likeness (QED) is 0.877. The molecule has 122 valence electrons. The van der Waals surface area contributed by atoms with E-state index in [2.05, 4.69) is 10.2 Å². The van der Waals surface area contributed by atoms with Crippen LogP contribution in [0.15, 0.2) is 29.3 Å². The highest BCUT2D eigenvalue weighted by Crippen LogP contribution is 2.23. The Morgan fingerprint density at radius 1 is 1.26 bits per heavy atom. The molecular weight excluding hydrogens is 318 g/mol. The number of benzene rings is 1. The molecule has 0 unspecified atom stereocenters. The Kier molecular flexibility index (Phi) is 3.95. The van der Waals surface area contributed by atoms with Gasteiger partial charge in [-0.25, -0.2) is 13.2 Å². The van der Waals surface area contributed by atoms with Crippen molar-refractivity contribution in [2.45, 2.75) is 24.7 Å². The molecule has 1 aromatic carbocycles. The molecule has 0 saturated heterocycles. The molecule has 7 nitrogen and oxygen atoms in total. The number of aromatic nitrogens is 2. The van der Waals surface area contributed by atoms with Crippen LogP contribution >= 0.6 is 0 Å². The van der Waals surface area contributed by atoms with Crippen molar-refractivity contribution in [3.05, 3.63) is 46.8 Å². The van der Waals surface area contributed by atoms with Crippen LogP contribution in [0, 0.1) is 6.92 Å². The zero-order chi connectivity index (χ0) is 16.6. The zero-order valence-corrected chi connectivity index (χ0v) is 13.4. The fourth-order valence-corrected chi connectivity index (χ4v) is 4.38. The van der Waals surface area contributed by atoms with Crippen molar-refractivity contribution in [2.75, 3.05) is 13.1 Å². The summed E-state index contributed by atoms with van der Waals surface area (Å²) in [5.74, 6) is -0.976. The van der Waals surface area contributed by atoms with Gasteiger partial charge in [0.1, 0.15) is 4.90 Å². The maximum Gasteiger partial charge on any atom is 0.335 e. The van der Waals surface area contributed by atoms with Crippen LogP contribution in [0.4, 0.5) is 0 Å². The Labute approximate surface area is 134 Å². The van der Waals surface area contributed by atoms with Crippen molar-refractivity contribution in [1.82, 2.24) is 14.5 Å². The lowest BCUT2D eigenvalue weighted by Crippen LogP contribution is -2.33. The summed E-state index contributed by atoms with van der Waals surface area (Å²) >= 11 is 0. The largest absolute Gasteiger partial charge is 0.478 e. The van der Waals surface area contributed by atoms with Crippen molar-refractivity contribution in [1.29, 1.82) is 0 Å². The summed E-state index contributed by atoms with van der Waals surface area (Å²) < 4.78 is 26.9. The van der Waals surface area contributed by atoms with E-state index in [9.17, 15) is 13.2 Å². The van der Waals surface area contributed by atoms with Gasteiger partial charge in [0.05, 0.1) is 17.5 Å². The number of carboxylic acid groups (broad SMARTS) is 1. The topological polar surface area (TPSA) is 103 Å². The van der Waals surface area contributed by atoms with E-state index in [1.54, 1.807) is 25.1 Å². The number of carboxylic acids is 1. The van der Waals surface area contributed by atoms with Gasteiger partial charge in [-0.2, -0.15) is 9.40 Å². The lowest BCUT2D eigenvalue weighted by Gasteiger charge is -2.19. The highest BCUT2D eigenvalue weighted by Gasteiger charge is 2.29. The second kappa shape index (κ2) is 5.78. The molecular formula is C15H17N3O4S.